The summed E-state index contributed by atoms with van der Waals surface area (Å²) in [5.74, 6) is 0.623. The van der Waals surface area contributed by atoms with E-state index in [9.17, 15) is 4.79 Å². The Bertz CT molecular complexity index is 689. The minimum absolute atomic E-state index is 0.0487. The number of hydrogen-bond acceptors (Lipinski definition) is 3. The highest BCUT2D eigenvalue weighted by molar-refractivity contribution is 5.96. The smallest absolute Gasteiger partial charge is 0.295 e. The molecular formula is C19H26N4O2+2. The van der Waals surface area contributed by atoms with Gasteiger partial charge in [0, 0.05) is 5.56 Å². The first-order valence-electron chi connectivity index (χ1n) is 8.79. The monoisotopic (exact) mass is 342 g/mol. The van der Waals surface area contributed by atoms with Gasteiger partial charge in [0.15, 0.2) is 6.54 Å². The van der Waals surface area contributed by atoms with Crippen molar-refractivity contribution >= 4 is 11.6 Å². The first-order valence-corrected chi connectivity index (χ1v) is 8.79. The highest BCUT2D eigenvalue weighted by Crippen LogP contribution is 2.00. The molecule has 1 aromatic heterocycles. The lowest BCUT2D eigenvalue weighted by Gasteiger charge is -2.29. The Morgan fingerprint density at radius 2 is 1.80 bits per heavy atom. The molecule has 0 radical (unpaired) electrons. The summed E-state index contributed by atoms with van der Waals surface area (Å²) in [5.41, 5.74) is 4.68. The second kappa shape index (κ2) is 8.60. The molecule has 1 saturated heterocycles. The van der Waals surface area contributed by atoms with Crippen molar-refractivity contribution in [1.82, 2.24) is 5.43 Å². The molecule has 2 heterocycles. The van der Waals surface area contributed by atoms with Crippen molar-refractivity contribution in [2.45, 2.75) is 13.5 Å². The Morgan fingerprint density at radius 1 is 1.08 bits per heavy atom. The molecule has 25 heavy (non-hydrogen) atoms. The van der Waals surface area contributed by atoms with E-state index in [0.29, 0.717) is 18.0 Å². The van der Waals surface area contributed by atoms with Gasteiger partial charge < -0.3 is 14.2 Å². The number of carbonyl (C=O) groups is 1. The molecule has 6 nitrogen and oxygen atoms in total. The van der Waals surface area contributed by atoms with E-state index in [1.165, 1.54) is 10.5 Å². The van der Waals surface area contributed by atoms with Gasteiger partial charge in [0.1, 0.15) is 44.2 Å². The molecule has 1 aromatic carbocycles. The third kappa shape index (κ3) is 5.27. The zero-order chi connectivity index (χ0) is 17.5. The quantitative estimate of drug-likeness (QED) is 0.471. The number of rotatable bonds is 6. The lowest BCUT2D eigenvalue weighted by Crippen LogP contribution is -3.28. The van der Waals surface area contributed by atoms with Crippen LogP contribution in [0.15, 0.2) is 58.2 Å². The second-order valence-electron chi connectivity index (χ2n) is 6.55. The third-order valence-electron chi connectivity index (χ3n) is 4.60. The highest BCUT2D eigenvalue weighted by atomic mass is 16.3. The van der Waals surface area contributed by atoms with E-state index in [2.05, 4.69) is 40.9 Å². The standard InChI is InChI=1S/C19H24N4O2/c1-16(18-8-5-13-25-18)20-21-19(24)15-23-11-9-22(10-12-23)14-17-6-3-2-4-7-17/h2-8,13H,9-12,14-15H2,1H3,(H,21,24)/p+2/b20-16-. The Labute approximate surface area is 148 Å². The summed E-state index contributed by atoms with van der Waals surface area (Å²) in [4.78, 5) is 15.0. The van der Waals surface area contributed by atoms with Gasteiger partial charge in [0.05, 0.1) is 6.26 Å². The number of carbonyl (C=O) groups excluding carboxylic acids is 1. The fraction of sp³-hybridized carbons (Fsp3) is 0.368. The van der Waals surface area contributed by atoms with Gasteiger partial charge in [-0.25, -0.2) is 5.43 Å². The fourth-order valence-electron chi connectivity index (χ4n) is 3.15. The van der Waals surface area contributed by atoms with Crippen molar-refractivity contribution < 1.29 is 19.0 Å². The van der Waals surface area contributed by atoms with Gasteiger partial charge in [-0.3, -0.25) is 4.79 Å². The van der Waals surface area contributed by atoms with E-state index in [1.54, 1.807) is 17.2 Å². The van der Waals surface area contributed by atoms with Gasteiger partial charge in [0.25, 0.3) is 5.91 Å². The summed E-state index contributed by atoms with van der Waals surface area (Å²) in [6.45, 7) is 7.55. The first-order chi connectivity index (χ1) is 12.2. The van der Waals surface area contributed by atoms with Crippen LogP contribution in [0.4, 0.5) is 0 Å². The molecule has 1 aliphatic rings. The van der Waals surface area contributed by atoms with Crippen molar-refractivity contribution in [1.29, 1.82) is 0 Å². The van der Waals surface area contributed by atoms with Crippen LogP contribution in [0.1, 0.15) is 18.2 Å². The summed E-state index contributed by atoms with van der Waals surface area (Å²) < 4.78 is 5.25. The Balaban J connectivity index is 1.40. The molecule has 1 amide bonds. The summed E-state index contributed by atoms with van der Waals surface area (Å²) in [6.07, 6.45) is 1.59. The summed E-state index contributed by atoms with van der Waals surface area (Å²) >= 11 is 0. The van der Waals surface area contributed by atoms with Gasteiger partial charge in [-0.2, -0.15) is 5.10 Å². The lowest BCUT2D eigenvalue weighted by molar-refractivity contribution is -1.02. The number of hydrogen-bond donors (Lipinski definition) is 3. The van der Waals surface area contributed by atoms with Gasteiger partial charge in [-0.15, -0.1) is 0 Å². The van der Waals surface area contributed by atoms with Crippen molar-refractivity contribution in [3.63, 3.8) is 0 Å². The third-order valence-corrected chi connectivity index (χ3v) is 4.60. The van der Waals surface area contributed by atoms with Crippen molar-refractivity contribution in [2.75, 3.05) is 32.7 Å². The number of quaternary nitrogens is 2. The van der Waals surface area contributed by atoms with Crippen molar-refractivity contribution in [2.24, 2.45) is 5.10 Å². The fourth-order valence-corrected chi connectivity index (χ4v) is 3.15. The number of piperazine rings is 1. The zero-order valence-corrected chi connectivity index (χ0v) is 14.6. The number of hydrazone groups is 1. The molecule has 1 aliphatic heterocycles. The Kier molecular flexibility index (Phi) is 5.98. The zero-order valence-electron chi connectivity index (χ0n) is 14.6. The molecule has 3 N–H and O–H groups in total. The van der Waals surface area contributed by atoms with Crippen LogP contribution >= 0.6 is 0 Å². The van der Waals surface area contributed by atoms with Crippen LogP contribution in [-0.4, -0.2) is 44.3 Å². The average molecular weight is 342 g/mol. The molecule has 0 saturated carbocycles. The number of nitrogens with one attached hydrogen (secondary N) is 3. The minimum atomic E-state index is -0.0487. The van der Waals surface area contributed by atoms with Gasteiger partial charge in [-0.1, -0.05) is 30.3 Å². The molecule has 0 atom stereocenters. The number of furan rings is 1. The van der Waals surface area contributed by atoms with Crippen LogP contribution in [-0.2, 0) is 11.3 Å². The number of amides is 1. The van der Waals surface area contributed by atoms with Crippen LogP contribution in [0, 0.1) is 0 Å². The van der Waals surface area contributed by atoms with Gasteiger partial charge >= 0.3 is 0 Å². The minimum Gasteiger partial charge on any atom is -0.463 e. The van der Waals surface area contributed by atoms with E-state index in [0.717, 1.165) is 32.7 Å². The van der Waals surface area contributed by atoms with E-state index in [1.807, 2.05) is 13.0 Å². The molecule has 0 aliphatic carbocycles. The number of nitrogens with zero attached hydrogens (tertiary/aromatic N) is 1. The van der Waals surface area contributed by atoms with Crippen LogP contribution < -0.4 is 15.2 Å². The van der Waals surface area contributed by atoms with Crippen LogP contribution in [0.5, 0.6) is 0 Å². The average Bonchev–Trinajstić information content (AvgIpc) is 3.17. The molecule has 0 spiro atoms. The van der Waals surface area contributed by atoms with Gasteiger partial charge in [0.2, 0.25) is 0 Å². The highest BCUT2D eigenvalue weighted by Gasteiger charge is 2.24. The molecule has 2 aromatic rings. The first kappa shape index (κ1) is 17.4. The maximum Gasteiger partial charge on any atom is 0.295 e. The Hall–Kier alpha value is -2.44. The summed E-state index contributed by atoms with van der Waals surface area (Å²) in [7, 11) is 0. The van der Waals surface area contributed by atoms with Crippen LogP contribution in [0.3, 0.4) is 0 Å². The lowest BCUT2D eigenvalue weighted by atomic mass is 10.2. The van der Waals surface area contributed by atoms with E-state index in [4.69, 9.17) is 4.42 Å². The molecule has 6 heteroatoms. The predicted octanol–water partition coefficient (Wildman–Crippen LogP) is -0.897. The SMILES string of the molecule is C/C(=N/NC(=O)C[NH+]1CC[NH+](Cc2ccccc2)CC1)c1ccco1. The molecule has 0 bridgehead atoms. The number of benzene rings is 1. The topological polar surface area (TPSA) is 63.5 Å². The van der Waals surface area contributed by atoms with Gasteiger partial charge in [-0.05, 0) is 19.1 Å². The molecule has 3 rings (SSSR count). The van der Waals surface area contributed by atoms with Crippen molar-refractivity contribution in [3.8, 4) is 0 Å². The van der Waals surface area contributed by atoms with E-state index < -0.39 is 0 Å². The summed E-state index contributed by atoms with van der Waals surface area (Å²) in [5, 5.41) is 4.11. The molecule has 1 fully saturated rings. The predicted molar refractivity (Wildman–Crippen MR) is 95.5 cm³/mol. The van der Waals surface area contributed by atoms with Crippen LogP contribution in [0.25, 0.3) is 0 Å². The maximum absolute atomic E-state index is 12.1. The molecule has 132 valence electrons. The van der Waals surface area contributed by atoms with Crippen molar-refractivity contribution in [3.05, 3.63) is 60.1 Å². The molecule has 0 unspecified atom stereocenters. The maximum atomic E-state index is 12.1. The van der Waals surface area contributed by atoms with E-state index >= 15 is 0 Å². The normalized spacial score (nSPS) is 21.1. The largest absolute Gasteiger partial charge is 0.463 e. The van der Waals surface area contributed by atoms with E-state index in [-0.39, 0.29) is 5.91 Å². The summed E-state index contributed by atoms with van der Waals surface area (Å²) in [6, 6.07) is 14.2. The molecular weight excluding hydrogens is 316 g/mol. The Morgan fingerprint density at radius 3 is 2.48 bits per heavy atom. The second-order valence-corrected chi connectivity index (χ2v) is 6.55. The van der Waals surface area contributed by atoms with Crippen LogP contribution in [0.2, 0.25) is 0 Å².